The van der Waals surface area contributed by atoms with Crippen LogP contribution in [0.2, 0.25) is 0 Å². The van der Waals surface area contributed by atoms with Gasteiger partial charge in [-0.15, -0.1) is 0 Å². The number of methoxy groups -OCH3 is 3. The van der Waals surface area contributed by atoms with Crippen molar-refractivity contribution in [3.8, 4) is 0 Å². The summed E-state index contributed by atoms with van der Waals surface area (Å²) < 4.78 is 16.8. The van der Waals surface area contributed by atoms with Crippen LogP contribution in [0.1, 0.15) is 12.8 Å². The van der Waals surface area contributed by atoms with Gasteiger partial charge in [0.1, 0.15) is 17.6 Å². The minimum atomic E-state index is -0.866. The smallest absolute Gasteiger partial charge is 0.199 e. The second-order valence-electron chi connectivity index (χ2n) is 6.65. The van der Waals surface area contributed by atoms with E-state index in [0.29, 0.717) is 30.9 Å². The zero-order chi connectivity index (χ0) is 18.4. The summed E-state index contributed by atoms with van der Waals surface area (Å²) in [4.78, 5) is 2.17. The highest BCUT2D eigenvalue weighted by Crippen LogP contribution is 2.47. The van der Waals surface area contributed by atoms with Gasteiger partial charge in [0, 0.05) is 35.9 Å². The van der Waals surface area contributed by atoms with Crippen LogP contribution in [0.5, 0.6) is 0 Å². The molecule has 0 spiro atoms. The van der Waals surface area contributed by atoms with Crippen LogP contribution >= 0.6 is 0 Å². The third-order valence-electron chi connectivity index (χ3n) is 5.45. The van der Waals surface area contributed by atoms with Gasteiger partial charge >= 0.3 is 0 Å². The van der Waals surface area contributed by atoms with Crippen LogP contribution in [0.25, 0.3) is 0 Å². The van der Waals surface area contributed by atoms with Crippen LogP contribution in [0.4, 0.5) is 0 Å². The number of fused-ring (bicyclic) bond motifs is 5. The molecule has 2 N–H and O–H groups in total. The number of aliphatic hydroxyl groups excluding tert-OH is 2. The van der Waals surface area contributed by atoms with Crippen molar-refractivity contribution in [3.05, 3.63) is 69.9 Å². The van der Waals surface area contributed by atoms with E-state index in [0.717, 1.165) is 28.3 Å². The maximum absolute atomic E-state index is 10.3. The van der Waals surface area contributed by atoms with Crippen molar-refractivity contribution in [1.82, 2.24) is 4.90 Å². The molecule has 0 fully saturated rings. The second kappa shape index (κ2) is 6.29. The Kier molecular flexibility index (Phi) is 4.07. The van der Waals surface area contributed by atoms with Crippen LogP contribution in [0, 0.1) is 5.92 Å². The first-order valence-corrected chi connectivity index (χ1v) is 8.66. The third-order valence-corrected chi connectivity index (χ3v) is 5.45. The number of nitrogens with zero attached hydrogens (tertiary/aromatic N) is 1. The molecule has 2 heterocycles. The molecule has 0 aromatic carbocycles. The van der Waals surface area contributed by atoms with Gasteiger partial charge in [0.05, 0.1) is 21.3 Å². The predicted molar refractivity (Wildman–Crippen MR) is 95.5 cm³/mol. The Morgan fingerprint density at radius 2 is 1.81 bits per heavy atom. The largest absolute Gasteiger partial charge is 0.510 e. The summed E-state index contributed by atoms with van der Waals surface area (Å²) >= 11 is 0. The lowest BCUT2D eigenvalue weighted by Gasteiger charge is -2.44. The summed E-state index contributed by atoms with van der Waals surface area (Å²) in [6, 6.07) is 0. The molecule has 138 valence electrons. The summed E-state index contributed by atoms with van der Waals surface area (Å²) in [5.41, 5.74) is 4.21. The Bertz CT molecular complexity index is 827. The van der Waals surface area contributed by atoms with Crippen LogP contribution in [-0.4, -0.2) is 49.1 Å². The molecule has 0 amide bonds. The molecule has 4 aliphatic rings. The third kappa shape index (κ3) is 2.29. The molecule has 2 aliphatic carbocycles. The van der Waals surface area contributed by atoms with Crippen molar-refractivity contribution in [1.29, 1.82) is 0 Å². The van der Waals surface area contributed by atoms with E-state index in [-0.39, 0.29) is 11.7 Å². The van der Waals surface area contributed by atoms with Crippen LogP contribution in [-0.2, 0) is 14.2 Å². The van der Waals surface area contributed by atoms with Crippen molar-refractivity contribution >= 4 is 0 Å². The van der Waals surface area contributed by atoms with Gasteiger partial charge in [-0.1, -0.05) is 12.2 Å². The fourth-order valence-electron chi connectivity index (χ4n) is 4.18. The summed E-state index contributed by atoms with van der Waals surface area (Å²) in [5.74, 6) is 1.91. The number of hydrogen-bond donors (Lipinski definition) is 2. The minimum Gasteiger partial charge on any atom is -0.510 e. The first-order chi connectivity index (χ1) is 12.6. The predicted octanol–water partition coefficient (Wildman–Crippen LogP) is 2.64. The Morgan fingerprint density at radius 3 is 2.50 bits per heavy atom. The zero-order valence-electron chi connectivity index (χ0n) is 15.2. The maximum Gasteiger partial charge on any atom is 0.199 e. The number of aliphatic hydroxyl groups is 2. The Labute approximate surface area is 152 Å². The zero-order valence-corrected chi connectivity index (χ0v) is 15.2. The first-order valence-electron chi connectivity index (χ1n) is 8.66. The highest BCUT2D eigenvalue weighted by Gasteiger charge is 2.40. The van der Waals surface area contributed by atoms with Gasteiger partial charge in [0.15, 0.2) is 11.5 Å². The van der Waals surface area contributed by atoms with Gasteiger partial charge in [-0.3, -0.25) is 0 Å². The van der Waals surface area contributed by atoms with Crippen molar-refractivity contribution in [2.75, 3.05) is 27.9 Å². The Balaban J connectivity index is 1.85. The fourth-order valence-corrected chi connectivity index (χ4v) is 4.18. The maximum atomic E-state index is 10.3. The molecule has 2 unspecified atom stereocenters. The molecule has 0 saturated carbocycles. The number of rotatable bonds is 3. The Hall–Kier alpha value is -2.60. The van der Waals surface area contributed by atoms with E-state index in [2.05, 4.69) is 17.1 Å². The minimum absolute atomic E-state index is 0.0210. The molecule has 6 heteroatoms. The molecule has 26 heavy (non-hydrogen) atoms. The number of ether oxygens (including phenoxy) is 3. The van der Waals surface area contributed by atoms with Gasteiger partial charge in [0.2, 0.25) is 0 Å². The van der Waals surface area contributed by atoms with Gasteiger partial charge in [-0.25, -0.2) is 0 Å². The van der Waals surface area contributed by atoms with Gasteiger partial charge in [-0.2, -0.15) is 0 Å². The van der Waals surface area contributed by atoms with E-state index in [1.165, 1.54) is 0 Å². The highest BCUT2D eigenvalue weighted by molar-refractivity contribution is 5.60. The molecule has 0 aromatic heterocycles. The number of hydrogen-bond acceptors (Lipinski definition) is 6. The molecule has 6 nitrogen and oxygen atoms in total. The van der Waals surface area contributed by atoms with Gasteiger partial charge in [-0.05, 0) is 24.1 Å². The monoisotopic (exact) mass is 357 g/mol. The molecule has 0 radical (unpaired) electrons. The van der Waals surface area contributed by atoms with E-state index in [1.54, 1.807) is 27.4 Å². The van der Waals surface area contributed by atoms with E-state index in [9.17, 15) is 10.2 Å². The Morgan fingerprint density at radius 1 is 1.04 bits per heavy atom. The molecule has 0 bridgehead atoms. The lowest BCUT2D eigenvalue weighted by atomic mass is 9.80. The average Bonchev–Trinajstić information content (AvgIpc) is 2.68. The van der Waals surface area contributed by atoms with Crippen molar-refractivity contribution in [2.45, 2.75) is 18.9 Å². The topological polar surface area (TPSA) is 71.4 Å². The van der Waals surface area contributed by atoms with Crippen molar-refractivity contribution in [2.24, 2.45) is 5.92 Å². The molecule has 0 saturated heterocycles. The van der Waals surface area contributed by atoms with E-state index >= 15 is 0 Å². The van der Waals surface area contributed by atoms with E-state index in [1.807, 2.05) is 6.08 Å². The molecular weight excluding hydrogens is 334 g/mol. The van der Waals surface area contributed by atoms with E-state index < -0.39 is 6.10 Å². The SMILES string of the molecule is COC1=C(OC)C(OC)=C2C(=CCN3C2=CCC2C3=CC=C(O)C2O)C1. The molecule has 2 aliphatic heterocycles. The molecular formula is C20H23NO5. The lowest BCUT2D eigenvalue weighted by Crippen LogP contribution is -2.41. The number of allylic oxidation sites excluding steroid dienone is 5. The molecule has 2 atom stereocenters. The van der Waals surface area contributed by atoms with Crippen LogP contribution in [0.3, 0.4) is 0 Å². The first kappa shape index (κ1) is 16.8. The second-order valence-corrected chi connectivity index (χ2v) is 6.65. The average molecular weight is 357 g/mol. The summed E-state index contributed by atoms with van der Waals surface area (Å²) in [6.45, 7) is 0.699. The summed E-state index contributed by atoms with van der Waals surface area (Å²) in [7, 11) is 4.88. The van der Waals surface area contributed by atoms with Gasteiger partial charge < -0.3 is 29.3 Å². The van der Waals surface area contributed by atoms with Crippen LogP contribution < -0.4 is 0 Å². The van der Waals surface area contributed by atoms with Crippen LogP contribution in [0.15, 0.2) is 69.9 Å². The summed E-state index contributed by atoms with van der Waals surface area (Å²) in [5, 5.41) is 20.2. The molecule has 0 aromatic rings. The highest BCUT2D eigenvalue weighted by atomic mass is 16.5. The quantitative estimate of drug-likeness (QED) is 0.809. The molecule has 4 rings (SSSR count). The van der Waals surface area contributed by atoms with E-state index in [4.69, 9.17) is 14.2 Å². The standard InChI is InChI=1S/C20H23NO5/c1-24-16-10-11-8-9-21-13-6-7-15(22)18(23)12(13)4-5-14(21)17(11)20(26-3)19(16)25-2/h5-8,12,18,22-23H,4,9-10H2,1-3H3. The van der Waals surface area contributed by atoms with Gasteiger partial charge in [0.25, 0.3) is 0 Å². The lowest BCUT2D eigenvalue weighted by molar-refractivity contribution is 0.0935. The fraction of sp³-hybridized carbons (Fsp3) is 0.400. The normalized spacial score (nSPS) is 27.5. The van der Waals surface area contributed by atoms with Crippen molar-refractivity contribution in [3.63, 3.8) is 0 Å². The summed E-state index contributed by atoms with van der Waals surface area (Å²) in [6.07, 6.45) is 8.17. The van der Waals surface area contributed by atoms with Crippen molar-refractivity contribution < 1.29 is 24.4 Å².